The predicted molar refractivity (Wildman–Crippen MR) is 126 cm³/mol. The zero-order valence-corrected chi connectivity index (χ0v) is 19.9. The van der Waals surface area contributed by atoms with Crippen LogP contribution < -0.4 is 0 Å². The van der Waals surface area contributed by atoms with Crippen molar-refractivity contribution in [1.29, 1.82) is 0 Å². The number of piperidine rings is 1. The molecule has 3 heterocycles. The fraction of sp³-hybridized carbons (Fsp3) is 0.348. The third kappa shape index (κ3) is 5.09. The first kappa shape index (κ1) is 22.2. The van der Waals surface area contributed by atoms with Gasteiger partial charge in [-0.25, -0.2) is 8.42 Å². The number of hydrogen-bond acceptors (Lipinski definition) is 5. The van der Waals surface area contributed by atoms with Crippen molar-refractivity contribution >= 4 is 38.6 Å². The van der Waals surface area contributed by atoms with Crippen molar-refractivity contribution in [1.82, 2.24) is 9.21 Å². The van der Waals surface area contributed by atoms with Gasteiger partial charge < -0.3 is 4.90 Å². The van der Waals surface area contributed by atoms with E-state index in [0.29, 0.717) is 31.7 Å². The molecule has 3 aromatic rings. The third-order valence-corrected chi connectivity index (χ3v) is 9.15. The van der Waals surface area contributed by atoms with E-state index in [4.69, 9.17) is 0 Å². The Morgan fingerprint density at radius 2 is 1.58 bits per heavy atom. The van der Waals surface area contributed by atoms with Gasteiger partial charge >= 0.3 is 0 Å². The molecule has 0 bridgehead atoms. The predicted octanol–water partition coefficient (Wildman–Crippen LogP) is 5.14. The molecule has 1 fully saturated rings. The molecule has 1 saturated heterocycles. The standard InChI is InChI=1S/C23H26N2O3S3/c1-18-9-10-21(31(27,28)25-11-3-2-4-12-25)15-22(18)23(26)24(16-19-7-5-13-29-19)17-20-8-6-14-30-20/h5-10,13-15H,2-4,11-12,16-17H2,1H3. The lowest BCUT2D eigenvalue weighted by molar-refractivity contribution is 0.0732. The van der Waals surface area contributed by atoms with Crippen LogP contribution in [0.3, 0.4) is 0 Å². The van der Waals surface area contributed by atoms with Crippen LogP contribution >= 0.6 is 22.7 Å². The van der Waals surface area contributed by atoms with Gasteiger partial charge in [-0.3, -0.25) is 4.79 Å². The van der Waals surface area contributed by atoms with Crippen molar-refractivity contribution in [3.05, 3.63) is 74.1 Å². The van der Waals surface area contributed by atoms with Crippen molar-refractivity contribution in [3.63, 3.8) is 0 Å². The van der Waals surface area contributed by atoms with Gasteiger partial charge in [0.25, 0.3) is 5.91 Å². The van der Waals surface area contributed by atoms with Gasteiger partial charge in [0.15, 0.2) is 0 Å². The minimum Gasteiger partial charge on any atom is -0.328 e. The Morgan fingerprint density at radius 3 is 2.13 bits per heavy atom. The van der Waals surface area contributed by atoms with Crippen molar-refractivity contribution in [2.24, 2.45) is 0 Å². The van der Waals surface area contributed by atoms with Crippen LogP contribution in [0.1, 0.15) is 44.9 Å². The van der Waals surface area contributed by atoms with Crippen LogP contribution in [-0.2, 0) is 23.1 Å². The van der Waals surface area contributed by atoms with Gasteiger partial charge in [0.1, 0.15) is 0 Å². The number of carbonyl (C=O) groups excluding carboxylic acids is 1. The molecule has 2 aromatic heterocycles. The Hall–Kier alpha value is -2.00. The van der Waals surface area contributed by atoms with Crippen LogP contribution in [0.15, 0.2) is 58.1 Å². The molecule has 0 saturated carbocycles. The van der Waals surface area contributed by atoms with Crippen molar-refractivity contribution in [3.8, 4) is 0 Å². The molecule has 5 nitrogen and oxygen atoms in total. The normalized spacial score (nSPS) is 15.1. The van der Waals surface area contributed by atoms with E-state index in [-0.39, 0.29) is 10.8 Å². The van der Waals surface area contributed by atoms with Gasteiger partial charge in [-0.1, -0.05) is 24.6 Å². The van der Waals surface area contributed by atoms with E-state index in [1.165, 1.54) is 0 Å². The topological polar surface area (TPSA) is 57.7 Å². The molecule has 0 radical (unpaired) electrons. The Labute approximate surface area is 192 Å². The number of benzene rings is 1. The number of thiophene rings is 2. The maximum Gasteiger partial charge on any atom is 0.254 e. The lowest BCUT2D eigenvalue weighted by Gasteiger charge is -2.27. The number of sulfonamides is 1. The quantitative estimate of drug-likeness (QED) is 0.477. The maximum atomic E-state index is 13.6. The zero-order valence-electron chi connectivity index (χ0n) is 17.5. The molecule has 4 rings (SSSR count). The summed E-state index contributed by atoms with van der Waals surface area (Å²) in [5.41, 5.74) is 1.23. The summed E-state index contributed by atoms with van der Waals surface area (Å²) in [6, 6.07) is 12.9. The molecule has 0 unspecified atom stereocenters. The van der Waals surface area contributed by atoms with E-state index in [2.05, 4.69) is 0 Å². The zero-order chi connectivity index (χ0) is 21.8. The molecule has 8 heteroatoms. The molecule has 1 aliphatic heterocycles. The fourth-order valence-electron chi connectivity index (χ4n) is 3.80. The molecule has 1 aromatic carbocycles. The number of rotatable bonds is 7. The lowest BCUT2D eigenvalue weighted by atomic mass is 10.1. The van der Waals surface area contributed by atoms with E-state index in [1.54, 1.807) is 50.1 Å². The van der Waals surface area contributed by atoms with Gasteiger partial charge in [0.2, 0.25) is 10.0 Å². The third-order valence-electron chi connectivity index (χ3n) is 5.53. The molecule has 1 amide bonds. The van der Waals surface area contributed by atoms with Crippen LogP contribution in [0.4, 0.5) is 0 Å². The van der Waals surface area contributed by atoms with E-state index < -0.39 is 10.0 Å². The van der Waals surface area contributed by atoms with Crippen LogP contribution in [0.25, 0.3) is 0 Å². The van der Waals surface area contributed by atoms with Gasteiger partial charge in [-0.05, 0) is 60.4 Å². The molecular weight excluding hydrogens is 448 g/mol. The first-order chi connectivity index (χ1) is 14.9. The van der Waals surface area contributed by atoms with Crippen LogP contribution in [0.5, 0.6) is 0 Å². The summed E-state index contributed by atoms with van der Waals surface area (Å²) < 4.78 is 27.9. The van der Waals surface area contributed by atoms with Gasteiger partial charge in [0.05, 0.1) is 18.0 Å². The van der Waals surface area contributed by atoms with Gasteiger partial charge in [-0.2, -0.15) is 4.31 Å². The van der Waals surface area contributed by atoms with E-state index in [0.717, 1.165) is 34.6 Å². The summed E-state index contributed by atoms with van der Waals surface area (Å²) in [6.07, 6.45) is 2.82. The Kier molecular flexibility index (Phi) is 6.91. The largest absolute Gasteiger partial charge is 0.328 e. The number of carbonyl (C=O) groups is 1. The van der Waals surface area contributed by atoms with Crippen molar-refractivity contribution in [2.45, 2.75) is 44.2 Å². The second kappa shape index (κ2) is 9.65. The molecule has 0 atom stereocenters. The minimum atomic E-state index is -3.59. The second-order valence-electron chi connectivity index (χ2n) is 7.76. The highest BCUT2D eigenvalue weighted by molar-refractivity contribution is 7.89. The maximum absolute atomic E-state index is 13.6. The Balaban J connectivity index is 1.65. The highest BCUT2D eigenvalue weighted by Crippen LogP contribution is 2.25. The summed E-state index contributed by atoms with van der Waals surface area (Å²) in [6.45, 7) is 3.94. The molecular formula is C23H26N2O3S3. The SMILES string of the molecule is Cc1ccc(S(=O)(=O)N2CCCCC2)cc1C(=O)N(Cc1cccs1)Cc1cccs1. The first-order valence-corrected chi connectivity index (χ1v) is 13.6. The highest BCUT2D eigenvalue weighted by Gasteiger charge is 2.28. The molecule has 164 valence electrons. The molecule has 31 heavy (non-hydrogen) atoms. The number of hydrogen-bond donors (Lipinski definition) is 0. The van der Waals surface area contributed by atoms with Crippen LogP contribution in [0, 0.1) is 6.92 Å². The van der Waals surface area contributed by atoms with Crippen molar-refractivity contribution in [2.75, 3.05) is 13.1 Å². The van der Waals surface area contributed by atoms with E-state index in [9.17, 15) is 13.2 Å². The molecule has 0 aliphatic carbocycles. The molecule has 1 aliphatic rings. The van der Waals surface area contributed by atoms with E-state index >= 15 is 0 Å². The smallest absolute Gasteiger partial charge is 0.254 e. The van der Waals surface area contributed by atoms with Gasteiger partial charge in [0, 0.05) is 28.4 Å². The van der Waals surface area contributed by atoms with Crippen LogP contribution in [0.2, 0.25) is 0 Å². The fourth-order valence-corrected chi connectivity index (χ4v) is 6.78. The second-order valence-corrected chi connectivity index (χ2v) is 11.8. The average molecular weight is 475 g/mol. The monoisotopic (exact) mass is 474 g/mol. The number of aryl methyl sites for hydroxylation is 1. The summed E-state index contributed by atoms with van der Waals surface area (Å²) in [5.74, 6) is -0.144. The Bertz CT molecular complexity index is 1080. The number of amides is 1. The first-order valence-electron chi connectivity index (χ1n) is 10.4. The number of nitrogens with zero attached hydrogens (tertiary/aromatic N) is 2. The summed E-state index contributed by atoms with van der Waals surface area (Å²) in [5, 5.41) is 4.00. The van der Waals surface area contributed by atoms with Gasteiger partial charge in [-0.15, -0.1) is 22.7 Å². The molecule has 0 spiro atoms. The minimum absolute atomic E-state index is 0.144. The summed E-state index contributed by atoms with van der Waals surface area (Å²) in [7, 11) is -3.59. The van der Waals surface area contributed by atoms with Crippen molar-refractivity contribution < 1.29 is 13.2 Å². The lowest BCUT2D eigenvalue weighted by Crippen LogP contribution is -2.36. The average Bonchev–Trinajstić information content (AvgIpc) is 3.48. The summed E-state index contributed by atoms with van der Waals surface area (Å²) >= 11 is 3.23. The molecule has 0 N–H and O–H groups in total. The Morgan fingerprint density at radius 1 is 0.968 bits per heavy atom. The van der Waals surface area contributed by atoms with E-state index in [1.807, 2.05) is 41.9 Å². The van der Waals surface area contributed by atoms with Crippen LogP contribution in [-0.4, -0.2) is 36.6 Å². The summed E-state index contributed by atoms with van der Waals surface area (Å²) in [4.78, 5) is 17.8. The highest BCUT2D eigenvalue weighted by atomic mass is 32.2.